The van der Waals surface area contributed by atoms with Gasteiger partial charge >= 0.3 is 0 Å². The van der Waals surface area contributed by atoms with Gasteiger partial charge < -0.3 is 4.90 Å². The lowest BCUT2D eigenvalue weighted by Crippen LogP contribution is -2.31. The second-order valence-electron chi connectivity index (χ2n) is 4.64. The first-order valence-electron chi connectivity index (χ1n) is 5.55. The molecule has 1 heterocycles. The van der Waals surface area contributed by atoms with Gasteiger partial charge in [0.2, 0.25) is 0 Å². The van der Waals surface area contributed by atoms with E-state index in [2.05, 4.69) is 18.7 Å². The van der Waals surface area contributed by atoms with Gasteiger partial charge in [-0.15, -0.1) is 0 Å². The fraction of sp³-hybridized carbons (Fsp3) is 1.00. The molecule has 1 saturated heterocycles. The molecule has 0 aromatic carbocycles. The fourth-order valence-electron chi connectivity index (χ4n) is 2.51. The molecule has 1 aliphatic heterocycles. The molecule has 1 heteroatoms. The molecule has 12 heavy (non-hydrogen) atoms. The van der Waals surface area contributed by atoms with Gasteiger partial charge in [-0.05, 0) is 44.6 Å². The van der Waals surface area contributed by atoms with Gasteiger partial charge in [0.15, 0.2) is 0 Å². The summed E-state index contributed by atoms with van der Waals surface area (Å²) in [6.45, 7) is 7.53. The summed E-state index contributed by atoms with van der Waals surface area (Å²) in [6, 6.07) is 0.871. The highest BCUT2D eigenvalue weighted by Gasteiger charge is 2.33. The molecule has 2 fully saturated rings. The summed E-state index contributed by atoms with van der Waals surface area (Å²) in [5.41, 5.74) is 0. The molecule has 2 atom stereocenters. The van der Waals surface area contributed by atoms with Gasteiger partial charge in [0.25, 0.3) is 0 Å². The Balaban J connectivity index is 1.82. The predicted octanol–water partition coefficient (Wildman–Crippen LogP) is 2.52. The summed E-state index contributed by atoms with van der Waals surface area (Å²) >= 11 is 0. The lowest BCUT2D eigenvalue weighted by molar-refractivity contribution is 0.230. The van der Waals surface area contributed by atoms with E-state index in [4.69, 9.17) is 0 Å². The second-order valence-corrected chi connectivity index (χ2v) is 4.64. The van der Waals surface area contributed by atoms with Gasteiger partial charge in [0.1, 0.15) is 0 Å². The maximum absolute atomic E-state index is 2.71. The van der Waals surface area contributed by atoms with Crippen molar-refractivity contribution >= 4 is 0 Å². The average Bonchev–Trinajstić information content (AvgIpc) is 2.80. The van der Waals surface area contributed by atoms with Crippen molar-refractivity contribution in [1.82, 2.24) is 4.90 Å². The number of hydrogen-bond acceptors (Lipinski definition) is 1. The Hall–Kier alpha value is -0.0400. The van der Waals surface area contributed by atoms with E-state index in [0.717, 1.165) is 17.9 Å². The van der Waals surface area contributed by atoms with Crippen LogP contribution >= 0.6 is 0 Å². The molecule has 1 aliphatic carbocycles. The highest BCUT2D eigenvalue weighted by molar-refractivity contribution is 4.87. The summed E-state index contributed by atoms with van der Waals surface area (Å²) in [4.78, 5) is 2.71. The summed E-state index contributed by atoms with van der Waals surface area (Å²) < 4.78 is 0. The minimum absolute atomic E-state index is 0.871. The minimum Gasteiger partial charge on any atom is -0.300 e. The van der Waals surface area contributed by atoms with Crippen LogP contribution in [-0.2, 0) is 0 Å². The van der Waals surface area contributed by atoms with Crippen LogP contribution < -0.4 is 0 Å². The molecule has 70 valence electrons. The molecule has 0 amide bonds. The van der Waals surface area contributed by atoms with Crippen LogP contribution in [0.15, 0.2) is 0 Å². The molecule has 2 unspecified atom stereocenters. The monoisotopic (exact) mass is 167 g/mol. The highest BCUT2D eigenvalue weighted by Crippen LogP contribution is 2.34. The molecule has 0 aromatic rings. The Bertz CT molecular complexity index is 151. The van der Waals surface area contributed by atoms with Crippen LogP contribution in [0.1, 0.15) is 39.5 Å². The first-order valence-corrected chi connectivity index (χ1v) is 5.55. The van der Waals surface area contributed by atoms with Crippen LogP contribution in [0.4, 0.5) is 0 Å². The van der Waals surface area contributed by atoms with E-state index in [0.29, 0.717) is 0 Å². The van der Waals surface area contributed by atoms with Gasteiger partial charge in [-0.3, -0.25) is 0 Å². The van der Waals surface area contributed by atoms with E-state index in [1.165, 1.54) is 38.8 Å². The van der Waals surface area contributed by atoms with E-state index in [-0.39, 0.29) is 0 Å². The van der Waals surface area contributed by atoms with Crippen molar-refractivity contribution in [2.75, 3.05) is 13.1 Å². The van der Waals surface area contributed by atoms with Crippen molar-refractivity contribution in [1.29, 1.82) is 0 Å². The van der Waals surface area contributed by atoms with Gasteiger partial charge in [-0.2, -0.15) is 0 Å². The molecular formula is C11H21N. The molecular weight excluding hydrogens is 146 g/mol. The molecule has 0 aromatic heterocycles. The zero-order valence-electron chi connectivity index (χ0n) is 8.42. The van der Waals surface area contributed by atoms with Crippen LogP contribution in [0.3, 0.4) is 0 Å². The smallest absolute Gasteiger partial charge is 0.00956 e. The fourth-order valence-corrected chi connectivity index (χ4v) is 2.51. The third kappa shape index (κ3) is 1.66. The normalized spacial score (nSPS) is 37.5. The molecule has 0 radical (unpaired) electrons. The quantitative estimate of drug-likeness (QED) is 0.624. The van der Waals surface area contributed by atoms with E-state index in [1.54, 1.807) is 0 Å². The van der Waals surface area contributed by atoms with Crippen LogP contribution in [0.5, 0.6) is 0 Å². The zero-order chi connectivity index (χ0) is 8.55. The number of likely N-dealkylation sites (tertiary alicyclic amines) is 1. The Morgan fingerprint density at radius 3 is 2.50 bits per heavy atom. The van der Waals surface area contributed by atoms with E-state index in [9.17, 15) is 0 Å². The van der Waals surface area contributed by atoms with Crippen molar-refractivity contribution in [3.05, 3.63) is 0 Å². The van der Waals surface area contributed by atoms with Crippen molar-refractivity contribution in [3.8, 4) is 0 Å². The molecule has 2 aliphatic rings. The maximum atomic E-state index is 2.71. The maximum Gasteiger partial charge on any atom is 0.00956 e. The Kier molecular flexibility index (Phi) is 2.40. The van der Waals surface area contributed by atoms with Crippen LogP contribution in [-0.4, -0.2) is 24.0 Å². The Labute approximate surface area is 76.1 Å². The van der Waals surface area contributed by atoms with E-state index >= 15 is 0 Å². The van der Waals surface area contributed by atoms with Crippen LogP contribution in [0.2, 0.25) is 0 Å². The largest absolute Gasteiger partial charge is 0.300 e. The number of hydrogen-bond donors (Lipinski definition) is 0. The van der Waals surface area contributed by atoms with Gasteiger partial charge in [-0.1, -0.05) is 13.3 Å². The van der Waals surface area contributed by atoms with E-state index in [1.807, 2.05) is 0 Å². The van der Waals surface area contributed by atoms with Crippen molar-refractivity contribution in [2.24, 2.45) is 11.8 Å². The van der Waals surface area contributed by atoms with E-state index < -0.39 is 0 Å². The van der Waals surface area contributed by atoms with Crippen molar-refractivity contribution in [3.63, 3.8) is 0 Å². The second kappa shape index (κ2) is 3.37. The lowest BCUT2D eigenvalue weighted by atomic mass is 9.99. The lowest BCUT2D eigenvalue weighted by Gasteiger charge is -2.23. The van der Waals surface area contributed by atoms with Crippen LogP contribution in [0.25, 0.3) is 0 Å². The molecule has 2 rings (SSSR count). The van der Waals surface area contributed by atoms with Gasteiger partial charge in [0.05, 0.1) is 0 Å². The SMILES string of the molecule is CCC1CCN(CC2CC2)C1C. The standard InChI is InChI=1S/C11H21N/c1-3-11-6-7-12(9(11)2)8-10-4-5-10/h9-11H,3-8H2,1-2H3. The average molecular weight is 167 g/mol. The third-order valence-corrected chi connectivity index (χ3v) is 3.76. The van der Waals surface area contributed by atoms with Gasteiger partial charge in [-0.25, -0.2) is 0 Å². The first-order chi connectivity index (χ1) is 5.81. The molecule has 1 nitrogen and oxygen atoms in total. The van der Waals surface area contributed by atoms with Gasteiger partial charge in [0, 0.05) is 12.6 Å². The minimum atomic E-state index is 0.871. The third-order valence-electron chi connectivity index (χ3n) is 3.76. The topological polar surface area (TPSA) is 3.24 Å². The molecule has 0 spiro atoms. The summed E-state index contributed by atoms with van der Waals surface area (Å²) in [7, 11) is 0. The number of rotatable bonds is 3. The highest BCUT2D eigenvalue weighted by atomic mass is 15.2. The predicted molar refractivity (Wildman–Crippen MR) is 52.2 cm³/mol. The molecule has 0 bridgehead atoms. The zero-order valence-corrected chi connectivity index (χ0v) is 8.42. The molecule has 1 saturated carbocycles. The summed E-state index contributed by atoms with van der Waals surface area (Å²) in [5.74, 6) is 2.06. The van der Waals surface area contributed by atoms with Crippen molar-refractivity contribution in [2.45, 2.75) is 45.6 Å². The summed E-state index contributed by atoms with van der Waals surface area (Å²) in [5, 5.41) is 0. The Morgan fingerprint density at radius 1 is 1.25 bits per heavy atom. The van der Waals surface area contributed by atoms with Crippen LogP contribution in [0, 0.1) is 11.8 Å². The number of nitrogens with zero attached hydrogens (tertiary/aromatic N) is 1. The van der Waals surface area contributed by atoms with Crippen molar-refractivity contribution < 1.29 is 0 Å². The molecule has 0 N–H and O–H groups in total. The first kappa shape index (κ1) is 8.55. The Morgan fingerprint density at radius 2 is 2.00 bits per heavy atom. The summed E-state index contributed by atoms with van der Waals surface area (Å²) in [6.07, 6.45) is 5.83.